The van der Waals surface area contributed by atoms with Gasteiger partial charge < -0.3 is 10.6 Å². The summed E-state index contributed by atoms with van der Waals surface area (Å²) < 4.78 is 16.9. The number of nitrogens with one attached hydrogen (secondary N) is 2. The van der Waals surface area contributed by atoms with Gasteiger partial charge >= 0.3 is 6.03 Å². The molecule has 6 nitrogen and oxygen atoms in total. The minimum Gasteiger partial charge on any atom is -0.310 e. The number of nitrogens with zero attached hydrogens (tertiary/aromatic N) is 1. The van der Waals surface area contributed by atoms with Gasteiger partial charge in [-0.15, -0.1) is 4.36 Å². The molecular formula is C24H32N4O2S. The van der Waals surface area contributed by atoms with Crippen LogP contribution in [0.3, 0.4) is 0 Å². The normalized spacial score (nSPS) is 17.5. The molecule has 2 aromatic rings. The van der Waals surface area contributed by atoms with Crippen molar-refractivity contribution in [2.45, 2.75) is 76.3 Å². The summed E-state index contributed by atoms with van der Waals surface area (Å²) >= 11 is 0. The van der Waals surface area contributed by atoms with Gasteiger partial charge in [0.05, 0.1) is 4.90 Å². The molecule has 2 aromatic carbocycles. The van der Waals surface area contributed by atoms with Crippen LogP contribution in [0.25, 0.3) is 0 Å². The molecule has 7 heteroatoms. The lowest BCUT2D eigenvalue weighted by atomic mass is 9.99. The summed E-state index contributed by atoms with van der Waals surface area (Å²) in [7, 11) is -3.32. The SMILES string of the molecule is CCC(C)NCc1ccc([S@](N)(=O)=NC(=O)Nc2c3c(cc4c2CCC4)CCC3)cc1. The number of aryl methyl sites for hydroxylation is 2. The highest BCUT2D eigenvalue weighted by molar-refractivity contribution is 7.91. The number of hydrogen-bond acceptors (Lipinski definition) is 3. The summed E-state index contributed by atoms with van der Waals surface area (Å²) in [5, 5.41) is 12.4. The number of rotatable bonds is 6. The summed E-state index contributed by atoms with van der Waals surface area (Å²) in [5.74, 6) is 0. The quantitative estimate of drug-likeness (QED) is 0.618. The summed E-state index contributed by atoms with van der Waals surface area (Å²) in [4.78, 5) is 13.1. The van der Waals surface area contributed by atoms with Crippen molar-refractivity contribution in [3.05, 3.63) is 58.1 Å². The van der Waals surface area contributed by atoms with E-state index >= 15 is 0 Å². The number of amides is 2. The van der Waals surface area contributed by atoms with E-state index in [1.807, 2.05) is 12.1 Å². The molecule has 2 amide bonds. The summed E-state index contributed by atoms with van der Waals surface area (Å²) in [6, 6.07) is 9.25. The van der Waals surface area contributed by atoms with Gasteiger partial charge in [0.15, 0.2) is 0 Å². The van der Waals surface area contributed by atoms with Gasteiger partial charge in [-0.25, -0.2) is 14.1 Å². The van der Waals surface area contributed by atoms with E-state index in [1.54, 1.807) is 12.1 Å². The van der Waals surface area contributed by atoms with E-state index in [2.05, 4.69) is 34.9 Å². The summed E-state index contributed by atoms with van der Waals surface area (Å²) in [5.41, 5.74) is 7.03. The van der Waals surface area contributed by atoms with Crippen LogP contribution >= 0.6 is 0 Å². The van der Waals surface area contributed by atoms with E-state index in [0.29, 0.717) is 10.9 Å². The zero-order chi connectivity index (χ0) is 22.0. The van der Waals surface area contributed by atoms with E-state index in [0.717, 1.165) is 62.7 Å². The topological polar surface area (TPSA) is 96.6 Å². The molecule has 0 fully saturated rings. The van der Waals surface area contributed by atoms with E-state index in [-0.39, 0.29) is 0 Å². The fourth-order valence-corrected chi connectivity index (χ4v) is 5.43. The van der Waals surface area contributed by atoms with E-state index in [9.17, 15) is 9.00 Å². The molecule has 2 aliphatic carbocycles. The van der Waals surface area contributed by atoms with Crippen LogP contribution in [-0.4, -0.2) is 16.3 Å². The van der Waals surface area contributed by atoms with Crippen LogP contribution in [0, 0.1) is 0 Å². The first-order valence-corrected chi connectivity index (χ1v) is 12.8. The highest BCUT2D eigenvalue weighted by Crippen LogP contribution is 2.38. The van der Waals surface area contributed by atoms with Gasteiger partial charge in [-0.2, -0.15) is 0 Å². The predicted octanol–water partition coefficient (Wildman–Crippen LogP) is 4.48. The molecule has 2 atom stereocenters. The second-order valence-electron chi connectivity index (χ2n) is 8.66. The number of hydrogen-bond donors (Lipinski definition) is 3. The lowest BCUT2D eigenvalue weighted by molar-refractivity contribution is 0.260. The van der Waals surface area contributed by atoms with Gasteiger partial charge in [0, 0.05) is 18.3 Å². The number of carbonyl (C=O) groups is 1. The van der Waals surface area contributed by atoms with Crippen molar-refractivity contribution in [2.24, 2.45) is 9.50 Å². The minimum absolute atomic E-state index is 0.360. The Morgan fingerprint density at radius 2 is 1.71 bits per heavy atom. The maximum Gasteiger partial charge on any atom is 0.354 e. The Balaban J connectivity index is 1.52. The Bertz CT molecular complexity index is 1070. The van der Waals surface area contributed by atoms with Crippen LogP contribution in [0.15, 0.2) is 39.6 Å². The van der Waals surface area contributed by atoms with Crippen molar-refractivity contribution in [3.63, 3.8) is 0 Å². The molecule has 0 saturated heterocycles. The van der Waals surface area contributed by atoms with Gasteiger partial charge in [-0.3, -0.25) is 0 Å². The van der Waals surface area contributed by atoms with Crippen molar-refractivity contribution in [2.75, 3.05) is 5.32 Å². The number of urea groups is 1. The van der Waals surface area contributed by atoms with Crippen LogP contribution < -0.4 is 15.8 Å². The van der Waals surface area contributed by atoms with Crippen molar-refractivity contribution in [3.8, 4) is 0 Å². The van der Waals surface area contributed by atoms with Crippen molar-refractivity contribution < 1.29 is 9.00 Å². The number of nitrogens with two attached hydrogens (primary N) is 1. The molecule has 0 aromatic heterocycles. The highest BCUT2D eigenvalue weighted by atomic mass is 32.2. The van der Waals surface area contributed by atoms with E-state index in [4.69, 9.17) is 5.14 Å². The smallest absolute Gasteiger partial charge is 0.310 e. The summed E-state index contributed by atoms with van der Waals surface area (Å²) in [6.07, 6.45) is 7.28. The monoisotopic (exact) mass is 440 g/mol. The maximum atomic E-state index is 13.0. The largest absolute Gasteiger partial charge is 0.354 e. The second-order valence-corrected chi connectivity index (χ2v) is 10.4. The first kappa shape index (κ1) is 22.0. The lowest BCUT2D eigenvalue weighted by Gasteiger charge is -2.15. The molecule has 0 heterocycles. The third-order valence-electron chi connectivity index (χ3n) is 6.45. The Kier molecular flexibility index (Phi) is 6.46. The fraction of sp³-hybridized carbons (Fsp3) is 0.458. The third kappa shape index (κ3) is 4.84. The Morgan fingerprint density at radius 3 is 2.29 bits per heavy atom. The average molecular weight is 441 g/mol. The van der Waals surface area contributed by atoms with Gasteiger partial charge in [0.25, 0.3) is 0 Å². The van der Waals surface area contributed by atoms with Gasteiger partial charge in [-0.1, -0.05) is 25.1 Å². The van der Waals surface area contributed by atoms with E-state index in [1.165, 1.54) is 22.3 Å². The Morgan fingerprint density at radius 1 is 1.10 bits per heavy atom. The minimum atomic E-state index is -3.32. The van der Waals surface area contributed by atoms with Crippen LogP contribution in [0.2, 0.25) is 0 Å². The molecule has 2 aliphatic rings. The van der Waals surface area contributed by atoms with Gasteiger partial charge in [-0.05, 0) is 91.8 Å². The summed E-state index contributed by atoms with van der Waals surface area (Å²) in [6.45, 7) is 4.99. The molecule has 0 bridgehead atoms. The first-order valence-electron chi connectivity index (χ1n) is 11.2. The number of benzene rings is 2. The van der Waals surface area contributed by atoms with Crippen molar-refractivity contribution >= 4 is 21.6 Å². The molecule has 166 valence electrons. The average Bonchev–Trinajstić information content (AvgIpc) is 3.41. The first-order chi connectivity index (χ1) is 14.9. The van der Waals surface area contributed by atoms with Crippen LogP contribution in [0.5, 0.6) is 0 Å². The molecule has 4 rings (SSSR count). The Labute approximate surface area is 185 Å². The zero-order valence-electron chi connectivity index (χ0n) is 18.4. The molecular weight excluding hydrogens is 408 g/mol. The number of carbonyl (C=O) groups excluding carboxylic acids is 1. The number of anilines is 1. The van der Waals surface area contributed by atoms with Gasteiger partial charge in [0.1, 0.15) is 9.92 Å². The molecule has 4 N–H and O–H groups in total. The molecule has 31 heavy (non-hydrogen) atoms. The highest BCUT2D eigenvalue weighted by Gasteiger charge is 2.25. The molecule has 0 saturated carbocycles. The zero-order valence-corrected chi connectivity index (χ0v) is 19.2. The molecule has 1 unspecified atom stereocenters. The molecule has 0 spiro atoms. The number of fused-ring (bicyclic) bond motifs is 2. The standard InChI is InChI=1S/C24H32N4O2S/c1-3-16(2)26-15-17-10-12-20(13-11-17)31(25,30)28-24(29)27-23-21-8-4-6-18(21)14-19-7-5-9-22(19)23/h10-14,16,26H,3-9,15H2,1-2H3,(H3,25,27,28,29,30)/t16?,31-/m1/s1. The van der Waals surface area contributed by atoms with Crippen LogP contribution in [-0.2, 0) is 42.1 Å². The fourth-order valence-electron chi connectivity index (χ4n) is 4.51. The van der Waals surface area contributed by atoms with Crippen LogP contribution in [0.4, 0.5) is 10.5 Å². The lowest BCUT2D eigenvalue weighted by Crippen LogP contribution is -2.24. The Hall–Kier alpha value is -2.22. The van der Waals surface area contributed by atoms with Crippen LogP contribution in [0.1, 0.15) is 60.9 Å². The molecule has 0 radical (unpaired) electrons. The van der Waals surface area contributed by atoms with Crippen molar-refractivity contribution in [1.29, 1.82) is 0 Å². The van der Waals surface area contributed by atoms with E-state index < -0.39 is 15.9 Å². The van der Waals surface area contributed by atoms with Gasteiger partial charge in [0.2, 0.25) is 0 Å². The molecule has 0 aliphatic heterocycles. The van der Waals surface area contributed by atoms with Crippen molar-refractivity contribution in [1.82, 2.24) is 5.32 Å². The second kappa shape index (κ2) is 9.10. The predicted molar refractivity (Wildman–Crippen MR) is 126 cm³/mol. The third-order valence-corrected chi connectivity index (χ3v) is 7.84. The maximum absolute atomic E-state index is 13.0.